The van der Waals surface area contributed by atoms with Crippen LogP contribution >= 0.6 is 0 Å². The van der Waals surface area contributed by atoms with E-state index >= 15 is 0 Å². The fourth-order valence-corrected chi connectivity index (χ4v) is 4.04. The van der Waals surface area contributed by atoms with Gasteiger partial charge in [0.15, 0.2) is 11.5 Å². The van der Waals surface area contributed by atoms with Crippen LogP contribution in [0.3, 0.4) is 0 Å². The van der Waals surface area contributed by atoms with Crippen LogP contribution < -0.4 is 0 Å². The average molecular weight is 415 g/mol. The first kappa shape index (κ1) is 20.7. The molecule has 0 fully saturated rings. The van der Waals surface area contributed by atoms with Gasteiger partial charge >= 0.3 is 0 Å². The van der Waals surface area contributed by atoms with Gasteiger partial charge in [-0.1, -0.05) is 54.1 Å². The standard InChI is InChI=1S/C26H25NO4/c1-17-10-11-18(2)20(15-17)16-27-24(22-9-6-14-31-22)23(25(29)26(27)30)21(28)13-12-19-7-4-3-5-8-19/h3-11,14-15,24,29H,12-13,16H2,1-2H3. The van der Waals surface area contributed by atoms with Gasteiger partial charge in [-0.25, -0.2) is 0 Å². The highest BCUT2D eigenvalue weighted by Gasteiger charge is 2.44. The number of aliphatic hydroxyl groups is 1. The van der Waals surface area contributed by atoms with E-state index < -0.39 is 17.7 Å². The van der Waals surface area contributed by atoms with Gasteiger partial charge in [0.1, 0.15) is 11.8 Å². The second kappa shape index (κ2) is 8.64. The van der Waals surface area contributed by atoms with E-state index in [1.165, 1.54) is 11.2 Å². The van der Waals surface area contributed by atoms with Gasteiger partial charge in [0, 0.05) is 13.0 Å². The number of carbonyl (C=O) groups is 2. The van der Waals surface area contributed by atoms with E-state index in [2.05, 4.69) is 0 Å². The fraction of sp³-hybridized carbons (Fsp3) is 0.231. The Labute approximate surface area is 181 Å². The molecule has 2 heterocycles. The number of carbonyl (C=O) groups excluding carboxylic acids is 2. The van der Waals surface area contributed by atoms with Crippen molar-refractivity contribution in [2.75, 3.05) is 0 Å². The highest BCUT2D eigenvalue weighted by Crippen LogP contribution is 2.39. The number of furan rings is 1. The molecule has 0 saturated carbocycles. The maximum absolute atomic E-state index is 13.2. The summed E-state index contributed by atoms with van der Waals surface area (Å²) < 4.78 is 5.59. The number of hydrogen-bond donors (Lipinski definition) is 1. The van der Waals surface area contributed by atoms with Crippen LogP contribution in [0, 0.1) is 13.8 Å². The summed E-state index contributed by atoms with van der Waals surface area (Å²) in [6.07, 6.45) is 2.25. The third kappa shape index (κ3) is 4.17. The maximum atomic E-state index is 13.2. The molecular weight excluding hydrogens is 390 g/mol. The molecule has 0 aliphatic carbocycles. The van der Waals surface area contributed by atoms with E-state index in [0.29, 0.717) is 12.2 Å². The molecule has 1 aliphatic rings. The highest BCUT2D eigenvalue weighted by atomic mass is 16.3. The molecule has 0 spiro atoms. The van der Waals surface area contributed by atoms with Gasteiger partial charge in [0.2, 0.25) is 0 Å². The van der Waals surface area contributed by atoms with Crippen LogP contribution in [0.4, 0.5) is 0 Å². The van der Waals surface area contributed by atoms with Crippen molar-refractivity contribution in [3.8, 4) is 0 Å². The highest BCUT2D eigenvalue weighted by molar-refractivity contribution is 6.08. The molecule has 5 heteroatoms. The minimum Gasteiger partial charge on any atom is -0.503 e. The van der Waals surface area contributed by atoms with Crippen molar-refractivity contribution in [3.05, 3.63) is 106 Å². The zero-order valence-corrected chi connectivity index (χ0v) is 17.7. The predicted molar refractivity (Wildman–Crippen MR) is 117 cm³/mol. The number of Topliss-reactive ketones (excluding diaryl/α,β-unsaturated/α-hetero) is 1. The lowest BCUT2D eigenvalue weighted by molar-refractivity contribution is -0.130. The molecule has 3 aromatic rings. The number of rotatable bonds is 7. The first-order chi connectivity index (χ1) is 15.0. The van der Waals surface area contributed by atoms with Gasteiger partial charge in [-0.05, 0) is 49.1 Å². The molecule has 4 rings (SSSR count). The molecule has 2 aromatic carbocycles. The minimum absolute atomic E-state index is 0.112. The van der Waals surface area contributed by atoms with E-state index in [1.807, 2.05) is 62.4 Å². The third-order valence-corrected chi connectivity index (χ3v) is 5.75. The van der Waals surface area contributed by atoms with Crippen LogP contribution in [0.5, 0.6) is 0 Å². The van der Waals surface area contributed by atoms with Crippen LogP contribution in [-0.4, -0.2) is 21.7 Å². The summed E-state index contributed by atoms with van der Waals surface area (Å²) in [6, 6.07) is 18.4. The van der Waals surface area contributed by atoms with Crippen molar-refractivity contribution < 1.29 is 19.1 Å². The number of hydrogen-bond acceptors (Lipinski definition) is 4. The monoisotopic (exact) mass is 415 g/mol. The van der Waals surface area contributed by atoms with Crippen molar-refractivity contribution in [1.82, 2.24) is 4.90 Å². The first-order valence-corrected chi connectivity index (χ1v) is 10.4. The Morgan fingerprint density at radius 2 is 1.84 bits per heavy atom. The van der Waals surface area contributed by atoms with E-state index in [4.69, 9.17) is 4.42 Å². The molecule has 1 atom stereocenters. The quantitative estimate of drug-likeness (QED) is 0.590. The van der Waals surface area contributed by atoms with Gasteiger partial charge in [0.25, 0.3) is 5.91 Å². The normalized spacial score (nSPS) is 16.3. The topological polar surface area (TPSA) is 70.8 Å². The number of aliphatic hydroxyl groups excluding tert-OH is 1. The van der Waals surface area contributed by atoms with Crippen molar-refractivity contribution >= 4 is 11.7 Å². The van der Waals surface area contributed by atoms with Crippen LogP contribution in [0.15, 0.2) is 82.7 Å². The summed E-state index contributed by atoms with van der Waals surface area (Å²) in [4.78, 5) is 27.7. The molecule has 1 amide bonds. The van der Waals surface area contributed by atoms with E-state index in [1.54, 1.807) is 12.1 Å². The molecule has 5 nitrogen and oxygen atoms in total. The van der Waals surface area contributed by atoms with E-state index in [9.17, 15) is 14.7 Å². The number of aryl methyl sites for hydroxylation is 3. The lowest BCUT2D eigenvalue weighted by Gasteiger charge is -2.26. The average Bonchev–Trinajstić information content (AvgIpc) is 3.38. The summed E-state index contributed by atoms with van der Waals surface area (Å²) in [5.74, 6) is -0.819. The molecule has 158 valence electrons. The lowest BCUT2D eigenvalue weighted by atomic mass is 9.96. The largest absolute Gasteiger partial charge is 0.503 e. The molecule has 1 unspecified atom stereocenters. The third-order valence-electron chi connectivity index (χ3n) is 5.75. The minimum atomic E-state index is -0.745. The number of nitrogens with zero attached hydrogens (tertiary/aromatic N) is 1. The Bertz CT molecular complexity index is 1130. The fourth-order valence-electron chi connectivity index (χ4n) is 4.04. The summed E-state index contributed by atoms with van der Waals surface area (Å²) in [7, 11) is 0. The molecular formula is C26H25NO4. The van der Waals surface area contributed by atoms with Crippen LogP contribution in [0.25, 0.3) is 0 Å². The van der Waals surface area contributed by atoms with Gasteiger partial charge < -0.3 is 14.4 Å². The predicted octanol–water partition coefficient (Wildman–Crippen LogP) is 4.99. The second-order valence-electron chi connectivity index (χ2n) is 7.95. The van der Waals surface area contributed by atoms with Crippen LogP contribution in [-0.2, 0) is 22.6 Å². The molecule has 0 radical (unpaired) electrons. The van der Waals surface area contributed by atoms with Gasteiger partial charge in [-0.15, -0.1) is 0 Å². The van der Waals surface area contributed by atoms with Gasteiger partial charge in [-0.3, -0.25) is 9.59 Å². The molecule has 0 bridgehead atoms. The molecule has 0 saturated heterocycles. The van der Waals surface area contributed by atoms with Crippen LogP contribution in [0.2, 0.25) is 0 Å². The van der Waals surface area contributed by atoms with Gasteiger partial charge in [-0.2, -0.15) is 0 Å². The zero-order valence-electron chi connectivity index (χ0n) is 17.7. The number of benzene rings is 2. The molecule has 1 N–H and O–H groups in total. The first-order valence-electron chi connectivity index (χ1n) is 10.4. The molecule has 31 heavy (non-hydrogen) atoms. The van der Waals surface area contributed by atoms with Crippen molar-refractivity contribution in [1.29, 1.82) is 0 Å². The lowest BCUT2D eigenvalue weighted by Crippen LogP contribution is -2.30. The smallest absolute Gasteiger partial charge is 0.290 e. The van der Waals surface area contributed by atoms with Gasteiger partial charge in [0.05, 0.1) is 11.8 Å². The maximum Gasteiger partial charge on any atom is 0.290 e. The molecule has 1 aliphatic heterocycles. The Morgan fingerprint density at radius 1 is 1.06 bits per heavy atom. The van der Waals surface area contributed by atoms with Crippen molar-refractivity contribution in [2.24, 2.45) is 0 Å². The van der Waals surface area contributed by atoms with Crippen molar-refractivity contribution in [2.45, 2.75) is 39.3 Å². The van der Waals surface area contributed by atoms with Crippen LogP contribution in [0.1, 0.15) is 40.5 Å². The summed E-state index contributed by atoms with van der Waals surface area (Å²) in [5, 5.41) is 10.7. The van der Waals surface area contributed by atoms with E-state index in [0.717, 1.165) is 22.3 Å². The Morgan fingerprint density at radius 3 is 2.55 bits per heavy atom. The van der Waals surface area contributed by atoms with E-state index in [-0.39, 0.29) is 24.3 Å². The number of amides is 1. The Balaban J connectivity index is 1.64. The van der Waals surface area contributed by atoms with Crippen molar-refractivity contribution in [3.63, 3.8) is 0 Å². The summed E-state index contributed by atoms with van der Waals surface area (Å²) in [6.45, 7) is 4.25. The summed E-state index contributed by atoms with van der Waals surface area (Å²) >= 11 is 0. The second-order valence-corrected chi connectivity index (χ2v) is 7.95. The molecule has 1 aromatic heterocycles. The zero-order chi connectivity index (χ0) is 22.0. The Kier molecular flexibility index (Phi) is 5.76. The summed E-state index contributed by atoms with van der Waals surface area (Å²) in [5.41, 5.74) is 4.23. The number of ketones is 1. The Hall–Kier alpha value is -3.60. The SMILES string of the molecule is Cc1ccc(C)c(CN2C(=O)C(O)=C(C(=O)CCc3ccccc3)C2c2ccco2)c1.